The van der Waals surface area contributed by atoms with Gasteiger partial charge in [-0.2, -0.15) is 0 Å². The van der Waals surface area contributed by atoms with Crippen molar-refractivity contribution in [3.63, 3.8) is 0 Å². The van der Waals surface area contributed by atoms with Crippen molar-refractivity contribution in [2.24, 2.45) is 0 Å². The van der Waals surface area contributed by atoms with Gasteiger partial charge in [0.1, 0.15) is 0 Å². The second kappa shape index (κ2) is 4.19. The molecule has 0 bridgehead atoms. The summed E-state index contributed by atoms with van der Waals surface area (Å²) in [4.78, 5) is 15.5. The van der Waals surface area contributed by atoms with Gasteiger partial charge in [-0.25, -0.2) is 0 Å². The van der Waals surface area contributed by atoms with Crippen molar-refractivity contribution in [1.82, 2.24) is 15.6 Å². The van der Waals surface area contributed by atoms with E-state index in [9.17, 15) is 4.79 Å². The quantitative estimate of drug-likeness (QED) is 0.700. The maximum absolute atomic E-state index is 11.6. The first-order valence-corrected chi connectivity index (χ1v) is 4.78. The summed E-state index contributed by atoms with van der Waals surface area (Å²) in [7, 11) is 0. The zero-order chi connectivity index (χ0) is 9.80. The highest BCUT2D eigenvalue weighted by Gasteiger charge is 2.16. The summed E-state index contributed by atoms with van der Waals surface area (Å²) >= 11 is 0. The first-order valence-electron chi connectivity index (χ1n) is 4.78. The summed E-state index contributed by atoms with van der Waals surface area (Å²) in [6.07, 6.45) is 4.26. The van der Waals surface area contributed by atoms with Gasteiger partial charge in [0.25, 0.3) is 5.91 Å². The molecule has 1 saturated heterocycles. The maximum Gasteiger partial charge on any atom is 0.251 e. The minimum absolute atomic E-state index is 0.0129. The predicted octanol–water partition coefficient (Wildman–Crippen LogP) is 0.173. The zero-order valence-electron chi connectivity index (χ0n) is 7.86. The fourth-order valence-corrected chi connectivity index (χ4v) is 1.55. The van der Waals surface area contributed by atoms with Crippen molar-refractivity contribution >= 4 is 5.91 Å². The molecule has 74 valence electrons. The average Bonchev–Trinajstić information content (AvgIpc) is 2.72. The smallest absolute Gasteiger partial charge is 0.251 e. The van der Waals surface area contributed by atoms with Crippen LogP contribution in [0.3, 0.4) is 0 Å². The van der Waals surface area contributed by atoms with Crippen LogP contribution in [0.15, 0.2) is 24.5 Å². The Hall–Kier alpha value is -1.42. The minimum Gasteiger partial charge on any atom is -0.348 e. The highest BCUT2D eigenvalue weighted by atomic mass is 16.1. The van der Waals surface area contributed by atoms with Crippen LogP contribution < -0.4 is 10.6 Å². The SMILES string of the molecule is O=C(N[C@H]1CCNC1)c1ccncc1. The first kappa shape index (κ1) is 9.15. The Kier molecular flexibility index (Phi) is 2.74. The van der Waals surface area contributed by atoms with E-state index in [1.54, 1.807) is 24.5 Å². The second-order valence-corrected chi connectivity index (χ2v) is 3.40. The summed E-state index contributed by atoms with van der Waals surface area (Å²) in [6, 6.07) is 3.71. The minimum atomic E-state index is -0.0129. The molecule has 0 aromatic carbocycles. The number of hydrogen-bond acceptors (Lipinski definition) is 3. The Balaban J connectivity index is 1.95. The molecule has 0 aliphatic carbocycles. The lowest BCUT2D eigenvalue weighted by Gasteiger charge is -2.10. The largest absolute Gasteiger partial charge is 0.348 e. The van der Waals surface area contributed by atoms with Crippen molar-refractivity contribution in [2.75, 3.05) is 13.1 Å². The van der Waals surface area contributed by atoms with Gasteiger partial charge in [0.15, 0.2) is 0 Å². The lowest BCUT2D eigenvalue weighted by Crippen LogP contribution is -2.36. The number of carbonyl (C=O) groups excluding carboxylic acids is 1. The van der Waals surface area contributed by atoms with Crippen LogP contribution in [0.5, 0.6) is 0 Å². The summed E-state index contributed by atoms with van der Waals surface area (Å²) in [5, 5.41) is 6.17. The molecular formula is C10H13N3O. The summed E-state index contributed by atoms with van der Waals surface area (Å²) in [5.41, 5.74) is 0.673. The third kappa shape index (κ3) is 2.09. The molecular weight excluding hydrogens is 178 g/mol. The Morgan fingerprint density at radius 2 is 2.29 bits per heavy atom. The molecule has 0 radical (unpaired) electrons. The monoisotopic (exact) mass is 191 g/mol. The second-order valence-electron chi connectivity index (χ2n) is 3.40. The topological polar surface area (TPSA) is 54.0 Å². The van der Waals surface area contributed by atoms with E-state index < -0.39 is 0 Å². The average molecular weight is 191 g/mol. The molecule has 1 fully saturated rings. The van der Waals surface area contributed by atoms with Crippen LogP contribution in [0.4, 0.5) is 0 Å². The summed E-state index contributed by atoms with van der Waals surface area (Å²) in [6.45, 7) is 1.86. The summed E-state index contributed by atoms with van der Waals surface area (Å²) in [5.74, 6) is -0.0129. The van der Waals surface area contributed by atoms with Crippen LogP contribution in [0, 0.1) is 0 Å². The van der Waals surface area contributed by atoms with Crippen LogP contribution in [-0.2, 0) is 0 Å². The Morgan fingerprint density at radius 3 is 2.93 bits per heavy atom. The normalized spacial score (nSPS) is 20.7. The lowest BCUT2D eigenvalue weighted by atomic mass is 10.2. The van der Waals surface area contributed by atoms with Crippen LogP contribution in [-0.4, -0.2) is 30.0 Å². The molecule has 1 aliphatic heterocycles. The summed E-state index contributed by atoms with van der Waals surface area (Å²) < 4.78 is 0. The van der Waals surface area contributed by atoms with Gasteiger partial charge in [0.2, 0.25) is 0 Å². The fourth-order valence-electron chi connectivity index (χ4n) is 1.55. The molecule has 0 unspecified atom stereocenters. The maximum atomic E-state index is 11.6. The molecule has 2 heterocycles. The molecule has 2 N–H and O–H groups in total. The van der Waals surface area contributed by atoms with E-state index in [2.05, 4.69) is 15.6 Å². The van der Waals surface area contributed by atoms with E-state index in [0.29, 0.717) is 5.56 Å². The Bertz CT molecular complexity index is 306. The van der Waals surface area contributed by atoms with Crippen molar-refractivity contribution in [3.8, 4) is 0 Å². The van der Waals surface area contributed by atoms with Crippen molar-refractivity contribution in [2.45, 2.75) is 12.5 Å². The predicted molar refractivity (Wildman–Crippen MR) is 53.0 cm³/mol. The standard InChI is InChI=1S/C10H13N3O/c14-10(8-1-4-11-5-2-8)13-9-3-6-12-7-9/h1-2,4-5,9,12H,3,6-7H2,(H,13,14)/t9-/m0/s1. The number of rotatable bonds is 2. The lowest BCUT2D eigenvalue weighted by molar-refractivity contribution is 0.0940. The number of nitrogens with one attached hydrogen (secondary N) is 2. The highest BCUT2D eigenvalue weighted by Crippen LogP contribution is 2.01. The van der Waals surface area contributed by atoms with E-state index >= 15 is 0 Å². The third-order valence-electron chi connectivity index (χ3n) is 2.34. The molecule has 1 amide bonds. The van der Waals surface area contributed by atoms with Crippen LogP contribution in [0.2, 0.25) is 0 Å². The van der Waals surface area contributed by atoms with Crippen molar-refractivity contribution in [3.05, 3.63) is 30.1 Å². The van der Waals surface area contributed by atoms with Crippen LogP contribution in [0.25, 0.3) is 0 Å². The van der Waals surface area contributed by atoms with Crippen molar-refractivity contribution in [1.29, 1.82) is 0 Å². The van der Waals surface area contributed by atoms with Gasteiger partial charge in [-0.15, -0.1) is 0 Å². The highest BCUT2D eigenvalue weighted by molar-refractivity contribution is 5.94. The molecule has 1 aromatic heterocycles. The van der Waals surface area contributed by atoms with Crippen LogP contribution in [0.1, 0.15) is 16.8 Å². The fraction of sp³-hybridized carbons (Fsp3) is 0.400. The zero-order valence-corrected chi connectivity index (χ0v) is 7.86. The number of carbonyl (C=O) groups is 1. The number of nitrogens with zero attached hydrogens (tertiary/aromatic N) is 1. The van der Waals surface area contributed by atoms with E-state index in [0.717, 1.165) is 19.5 Å². The number of pyridine rings is 1. The van der Waals surface area contributed by atoms with Gasteiger partial charge >= 0.3 is 0 Å². The van der Waals surface area contributed by atoms with E-state index in [1.807, 2.05) is 0 Å². The molecule has 4 heteroatoms. The Morgan fingerprint density at radius 1 is 1.50 bits per heavy atom. The number of hydrogen-bond donors (Lipinski definition) is 2. The molecule has 2 rings (SSSR count). The van der Waals surface area contributed by atoms with Crippen molar-refractivity contribution < 1.29 is 4.79 Å². The van der Waals surface area contributed by atoms with E-state index in [4.69, 9.17) is 0 Å². The van der Waals surface area contributed by atoms with Crippen LogP contribution >= 0.6 is 0 Å². The number of aromatic nitrogens is 1. The molecule has 1 aromatic rings. The first-order chi connectivity index (χ1) is 6.86. The molecule has 0 saturated carbocycles. The molecule has 14 heavy (non-hydrogen) atoms. The Labute approximate surface area is 82.7 Å². The molecule has 1 atom stereocenters. The van der Waals surface area contributed by atoms with Gasteiger partial charge in [0, 0.05) is 30.5 Å². The van der Waals surface area contributed by atoms with E-state index in [1.165, 1.54) is 0 Å². The van der Waals surface area contributed by atoms with Gasteiger partial charge in [-0.05, 0) is 25.1 Å². The van der Waals surface area contributed by atoms with Gasteiger partial charge in [-0.1, -0.05) is 0 Å². The van der Waals surface area contributed by atoms with Gasteiger partial charge in [0.05, 0.1) is 0 Å². The van der Waals surface area contributed by atoms with Gasteiger partial charge < -0.3 is 10.6 Å². The molecule has 1 aliphatic rings. The number of amides is 1. The van der Waals surface area contributed by atoms with E-state index in [-0.39, 0.29) is 11.9 Å². The van der Waals surface area contributed by atoms with Gasteiger partial charge in [-0.3, -0.25) is 9.78 Å². The molecule has 0 spiro atoms. The molecule has 4 nitrogen and oxygen atoms in total. The third-order valence-corrected chi connectivity index (χ3v) is 2.34.